The van der Waals surface area contributed by atoms with Crippen molar-refractivity contribution in [3.8, 4) is 10.6 Å². The topological polar surface area (TPSA) is 54.9 Å². The van der Waals surface area contributed by atoms with E-state index in [0.717, 1.165) is 22.7 Å². The van der Waals surface area contributed by atoms with Crippen LogP contribution in [0.1, 0.15) is 17.7 Å². The Kier molecular flexibility index (Phi) is 5.69. The van der Waals surface area contributed by atoms with Gasteiger partial charge in [-0.3, -0.25) is 9.78 Å². The molecular weight excluding hydrogens is 318 g/mol. The highest BCUT2D eigenvalue weighted by atomic mass is 32.1. The predicted molar refractivity (Wildman–Crippen MR) is 96.8 cm³/mol. The molecule has 0 radical (unpaired) electrons. The SMILES string of the molecule is O=C(CCc1csc(-c2ccncc2)n1)NCCc1ccccc1. The summed E-state index contributed by atoms with van der Waals surface area (Å²) in [5.41, 5.74) is 3.26. The number of carbonyl (C=O) groups excluding carboxylic acids is 1. The van der Waals surface area contributed by atoms with E-state index in [2.05, 4.69) is 27.4 Å². The van der Waals surface area contributed by atoms with Crippen LogP contribution in [0.3, 0.4) is 0 Å². The van der Waals surface area contributed by atoms with Gasteiger partial charge in [-0.25, -0.2) is 4.98 Å². The van der Waals surface area contributed by atoms with Crippen LogP contribution in [0.15, 0.2) is 60.2 Å². The molecule has 1 N–H and O–H groups in total. The van der Waals surface area contributed by atoms with Crippen molar-refractivity contribution < 1.29 is 4.79 Å². The predicted octanol–water partition coefficient (Wildman–Crippen LogP) is 3.50. The highest BCUT2D eigenvalue weighted by molar-refractivity contribution is 7.13. The van der Waals surface area contributed by atoms with Gasteiger partial charge in [0, 0.05) is 36.3 Å². The fraction of sp³-hybridized carbons (Fsp3) is 0.211. The van der Waals surface area contributed by atoms with Crippen molar-refractivity contribution in [2.24, 2.45) is 0 Å². The van der Waals surface area contributed by atoms with Crippen molar-refractivity contribution >= 4 is 17.2 Å². The lowest BCUT2D eigenvalue weighted by atomic mass is 10.1. The first kappa shape index (κ1) is 16.3. The van der Waals surface area contributed by atoms with E-state index in [1.54, 1.807) is 23.7 Å². The minimum absolute atomic E-state index is 0.0735. The molecule has 0 aliphatic heterocycles. The van der Waals surface area contributed by atoms with E-state index >= 15 is 0 Å². The van der Waals surface area contributed by atoms with E-state index in [-0.39, 0.29) is 5.91 Å². The molecule has 122 valence electrons. The second-order valence-corrected chi connectivity index (χ2v) is 6.32. The summed E-state index contributed by atoms with van der Waals surface area (Å²) < 4.78 is 0. The maximum atomic E-state index is 11.9. The van der Waals surface area contributed by atoms with E-state index < -0.39 is 0 Å². The van der Waals surface area contributed by atoms with Gasteiger partial charge in [0.25, 0.3) is 0 Å². The smallest absolute Gasteiger partial charge is 0.220 e. The molecule has 2 aromatic heterocycles. The number of pyridine rings is 1. The molecule has 3 aromatic rings. The molecule has 2 heterocycles. The minimum Gasteiger partial charge on any atom is -0.356 e. The lowest BCUT2D eigenvalue weighted by Gasteiger charge is -2.04. The summed E-state index contributed by atoms with van der Waals surface area (Å²) in [6.07, 6.45) is 5.51. The first-order valence-corrected chi connectivity index (χ1v) is 8.84. The first-order valence-electron chi connectivity index (χ1n) is 7.97. The number of hydrogen-bond donors (Lipinski definition) is 1. The number of thiazole rings is 1. The normalized spacial score (nSPS) is 10.5. The summed E-state index contributed by atoms with van der Waals surface area (Å²) in [7, 11) is 0. The van der Waals surface area contributed by atoms with Crippen molar-refractivity contribution in [3.63, 3.8) is 0 Å². The highest BCUT2D eigenvalue weighted by Gasteiger charge is 2.07. The molecule has 0 spiro atoms. The van der Waals surface area contributed by atoms with Crippen LogP contribution in [0.5, 0.6) is 0 Å². The van der Waals surface area contributed by atoms with Gasteiger partial charge in [-0.2, -0.15) is 0 Å². The molecule has 0 fully saturated rings. The average Bonchev–Trinajstić information content (AvgIpc) is 3.11. The molecule has 0 bridgehead atoms. The van der Waals surface area contributed by atoms with Crippen molar-refractivity contribution in [2.45, 2.75) is 19.3 Å². The molecule has 0 aliphatic rings. The molecule has 0 saturated carbocycles. The van der Waals surface area contributed by atoms with Crippen LogP contribution >= 0.6 is 11.3 Å². The Labute approximate surface area is 145 Å². The Bertz CT molecular complexity index is 772. The van der Waals surface area contributed by atoms with E-state index in [4.69, 9.17) is 0 Å². The summed E-state index contributed by atoms with van der Waals surface area (Å²) >= 11 is 1.60. The van der Waals surface area contributed by atoms with Gasteiger partial charge in [-0.05, 0) is 30.5 Å². The van der Waals surface area contributed by atoms with Gasteiger partial charge in [0.15, 0.2) is 0 Å². The van der Waals surface area contributed by atoms with E-state index in [1.165, 1.54) is 5.56 Å². The highest BCUT2D eigenvalue weighted by Crippen LogP contribution is 2.23. The molecule has 5 heteroatoms. The Morgan fingerprint density at radius 3 is 2.62 bits per heavy atom. The number of rotatable bonds is 7. The molecular formula is C19H19N3OS. The average molecular weight is 337 g/mol. The second-order valence-electron chi connectivity index (χ2n) is 5.47. The first-order chi connectivity index (χ1) is 11.8. The second kappa shape index (κ2) is 8.36. The Balaban J connectivity index is 1.42. The summed E-state index contributed by atoms with van der Waals surface area (Å²) in [5, 5.41) is 5.96. The summed E-state index contributed by atoms with van der Waals surface area (Å²) in [5.74, 6) is 0.0735. The van der Waals surface area contributed by atoms with Crippen molar-refractivity contribution in [3.05, 3.63) is 71.5 Å². The van der Waals surface area contributed by atoms with Crippen molar-refractivity contribution in [2.75, 3.05) is 6.54 Å². The largest absolute Gasteiger partial charge is 0.356 e. The number of hydrogen-bond acceptors (Lipinski definition) is 4. The number of aryl methyl sites for hydroxylation is 1. The molecule has 4 nitrogen and oxygen atoms in total. The van der Waals surface area contributed by atoms with Gasteiger partial charge in [-0.15, -0.1) is 11.3 Å². The standard InChI is InChI=1S/C19H19N3OS/c23-18(21-13-8-15-4-2-1-3-5-15)7-6-17-14-24-19(22-17)16-9-11-20-12-10-16/h1-5,9-12,14H,6-8,13H2,(H,21,23). The lowest BCUT2D eigenvalue weighted by molar-refractivity contribution is -0.121. The third-order valence-electron chi connectivity index (χ3n) is 3.67. The minimum atomic E-state index is 0.0735. The van der Waals surface area contributed by atoms with Crippen LogP contribution in [0.25, 0.3) is 10.6 Å². The Hall–Kier alpha value is -2.53. The zero-order valence-corrected chi connectivity index (χ0v) is 14.1. The summed E-state index contributed by atoms with van der Waals surface area (Å²) in [6, 6.07) is 14.1. The number of amides is 1. The molecule has 0 saturated heterocycles. The van der Waals surface area contributed by atoms with Crippen LogP contribution in [0, 0.1) is 0 Å². The third kappa shape index (κ3) is 4.73. The monoisotopic (exact) mass is 337 g/mol. The van der Waals surface area contributed by atoms with E-state index in [0.29, 0.717) is 19.4 Å². The molecule has 1 aromatic carbocycles. The van der Waals surface area contributed by atoms with Gasteiger partial charge in [-0.1, -0.05) is 30.3 Å². The molecule has 3 rings (SSSR count). The van der Waals surface area contributed by atoms with Crippen LogP contribution in [0.2, 0.25) is 0 Å². The fourth-order valence-electron chi connectivity index (χ4n) is 2.37. The van der Waals surface area contributed by atoms with Crippen molar-refractivity contribution in [1.82, 2.24) is 15.3 Å². The Morgan fingerprint density at radius 2 is 1.83 bits per heavy atom. The maximum Gasteiger partial charge on any atom is 0.220 e. The van der Waals surface area contributed by atoms with Crippen LogP contribution in [0.4, 0.5) is 0 Å². The van der Waals surface area contributed by atoms with Crippen LogP contribution in [-0.4, -0.2) is 22.4 Å². The van der Waals surface area contributed by atoms with E-state index in [1.807, 2.05) is 35.7 Å². The van der Waals surface area contributed by atoms with Crippen molar-refractivity contribution in [1.29, 1.82) is 0 Å². The number of carbonyl (C=O) groups is 1. The third-order valence-corrected chi connectivity index (χ3v) is 4.61. The quantitative estimate of drug-likeness (QED) is 0.718. The molecule has 0 unspecified atom stereocenters. The summed E-state index contributed by atoms with van der Waals surface area (Å²) in [6.45, 7) is 0.669. The van der Waals surface area contributed by atoms with Crippen LogP contribution < -0.4 is 5.32 Å². The molecule has 0 atom stereocenters. The zero-order valence-electron chi connectivity index (χ0n) is 13.3. The lowest BCUT2D eigenvalue weighted by Crippen LogP contribution is -2.25. The number of nitrogens with one attached hydrogen (secondary N) is 1. The van der Waals surface area contributed by atoms with Crippen LogP contribution in [-0.2, 0) is 17.6 Å². The number of benzene rings is 1. The van der Waals surface area contributed by atoms with Gasteiger partial charge >= 0.3 is 0 Å². The number of nitrogens with zero attached hydrogens (tertiary/aromatic N) is 2. The summed E-state index contributed by atoms with van der Waals surface area (Å²) in [4.78, 5) is 20.5. The van der Waals surface area contributed by atoms with Gasteiger partial charge in [0.1, 0.15) is 5.01 Å². The molecule has 1 amide bonds. The maximum absolute atomic E-state index is 11.9. The van der Waals surface area contributed by atoms with E-state index in [9.17, 15) is 4.79 Å². The van der Waals surface area contributed by atoms with Gasteiger partial charge in [0.2, 0.25) is 5.91 Å². The molecule has 24 heavy (non-hydrogen) atoms. The molecule has 0 aliphatic carbocycles. The van der Waals surface area contributed by atoms with Gasteiger partial charge < -0.3 is 5.32 Å². The zero-order chi connectivity index (χ0) is 16.6. The fourth-order valence-corrected chi connectivity index (χ4v) is 3.23. The number of aromatic nitrogens is 2. The Morgan fingerprint density at radius 1 is 1.04 bits per heavy atom. The van der Waals surface area contributed by atoms with Gasteiger partial charge in [0.05, 0.1) is 5.69 Å².